The van der Waals surface area contributed by atoms with Crippen molar-refractivity contribution in [2.75, 3.05) is 0 Å². The van der Waals surface area contributed by atoms with Gasteiger partial charge in [0, 0.05) is 5.56 Å². The lowest BCUT2D eigenvalue weighted by Gasteiger charge is -2.15. The first kappa shape index (κ1) is 17.6. The van der Waals surface area contributed by atoms with Crippen molar-refractivity contribution in [3.8, 4) is 5.75 Å². The summed E-state index contributed by atoms with van der Waals surface area (Å²) in [7, 11) is -3.34. The van der Waals surface area contributed by atoms with E-state index in [9.17, 15) is 8.42 Å². The van der Waals surface area contributed by atoms with Gasteiger partial charge in [-0.1, -0.05) is 54.6 Å². The van der Waals surface area contributed by atoms with Crippen LogP contribution in [0, 0.1) is 0 Å². The summed E-state index contributed by atoms with van der Waals surface area (Å²) in [6, 6.07) is 24.5. The monoisotopic (exact) mass is 366 g/mol. The standard InChI is InChI=1S/C12H10O2S.C8H8N2O/c13-15(14,11-7-3-1-4-8-11)12-9-5-2-6-10-12;9-8-5-6-3-1-2-4-7(6)11-10-8/h1-10H;1-5,10H,9H2. The van der Waals surface area contributed by atoms with Crippen LogP contribution in [0.4, 0.5) is 0 Å². The number of nitrogens with one attached hydrogen (secondary N) is 1. The average molecular weight is 366 g/mol. The molecule has 1 aliphatic heterocycles. The summed E-state index contributed by atoms with van der Waals surface area (Å²) in [5, 5.41) is 0. The van der Waals surface area contributed by atoms with Gasteiger partial charge in [0.1, 0.15) is 5.82 Å². The topological polar surface area (TPSA) is 81.4 Å². The first-order chi connectivity index (χ1) is 12.6. The third-order valence-electron chi connectivity index (χ3n) is 3.62. The second kappa shape index (κ2) is 7.76. The molecule has 0 atom stereocenters. The molecule has 0 unspecified atom stereocenters. The second-order valence-corrected chi connectivity index (χ2v) is 7.42. The first-order valence-corrected chi connectivity index (χ1v) is 9.40. The molecule has 1 heterocycles. The minimum atomic E-state index is -3.34. The molecule has 6 heteroatoms. The highest BCUT2D eigenvalue weighted by Crippen LogP contribution is 2.21. The lowest BCUT2D eigenvalue weighted by atomic mass is 10.2. The molecule has 0 saturated heterocycles. The molecule has 1 aliphatic rings. The van der Waals surface area contributed by atoms with Crippen LogP contribution in [0.25, 0.3) is 6.08 Å². The number of sulfone groups is 1. The van der Waals surface area contributed by atoms with Gasteiger partial charge in [-0.25, -0.2) is 13.9 Å². The number of benzene rings is 3. The van der Waals surface area contributed by atoms with Crippen LogP contribution in [0.3, 0.4) is 0 Å². The highest BCUT2D eigenvalue weighted by molar-refractivity contribution is 7.91. The minimum Gasteiger partial charge on any atom is -0.383 e. The van der Waals surface area contributed by atoms with Crippen LogP contribution < -0.4 is 16.1 Å². The molecule has 3 aromatic carbocycles. The van der Waals surface area contributed by atoms with Crippen molar-refractivity contribution in [1.29, 1.82) is 0 Å². The number of nitrogens with two attached hydrogens (primary N) is 1. The lowest BCUT2D eigenvalue weighted by Crippen LogP contribution is -2.26. The van der Waals surface area contributed by atoms with Crippen molar-refractivity contribution < 1.29 is 13.3 Å². The fourth-order valence-corrected chi connectivity index (χ4v) is 3.64. The number of rotatable bonds is 2. The molecule has 0 saturated carbocycles. The smallest absolute Gasteiger partial charge is 0.206 e. The summed E-state index contributed by atoms with van der Waals surface area (Å²) in [5.74, 6) is 1.34. The van der Waals surface area contributed by atoms with E-state index in [-0.39, 0.29) is 0 Å². The Morgan fingerprint density at radius 2 is 1.23 bits per heavy atom. The molecule has 26 heavy (non-hydrogen) atoms. The lowest BCUT2D eigenvalue weighted by molar-refractivity contribution is 0.223. The number of hydrogen-bond acceptors (Lipinski definition) is 5. The Morgan fingerprint density at radius 1 is 0.731 bits per heavy atom. The first-order valence-electron chi connectivity index (χ1n) is 7.91. The molecule has 0 fully saturated rings. The van der Waals surface area contributed by atoms with Crippen molar-refractivity contribution in [3.05, 3.63) is 96.3 Å². The molecule has 0 aliphatic carbocycles. The predicted molar refractivity (Wildman–Crippen MR) is 101 cm³/mol. The van der Waals surface area contributed by atoms with E-state index in [2.05, 4.69) is 5.48 Å². The SMILES string of the molecule is NC1=Cc2ccccc2ON1.O=S(=O)(c1ccccc1)c1ccccc1. The van der Waals surface area contributed by atoms with Gasteiger partial charge in [0.2, 0.25) is 9.84 Å². The van der Waals surface area contributed by atoms with Crippen LogP contribution in [-0.2, 0) is 9.84 Å². The maximum atomic E-state index is 12.0. The molecule has 0 amide bonds. The summed E-state index contributed by atoms with van der Waals surface area (Å²) in [5.41, 5.74) is 9.06. The number of fused-ring (bicyclic) bond motifs is 1. The molecular weight excluding hydrogens is 348 g/mol. The Hall–Kier alpha value is -3.25. The Morgan fingerprint density at radius 3 is 1.81 bits per heavy atom. The fraction of sp³-hybridized carbons (Fsp3) is 0. The third-order valence-corrected chi connectivity index (χ3v) is 5.40. The molecule has 3 aromatic rings. The number of hydrogen-bond donors (Lipinski definition) is 2. The quantitative estimate of drug-likeness (QED) is 0.727. The normalized spacial score (nSPS) is 12.4. The molecule has 0 bridgehead atoms. The maximum Gasteiger partial charge on any atom is 0.206 e. The third kappa shape index (κ3) is 4.04. The van der Waals surface area contributed by atoms with Crippen LogP contribution in [0.5, 0.6) is 5.75 Å². The van der Waals surface area contributed by atoms with Crippen molar-refractivity contribution in [3.63, 3.8) is 0 Å². The van der Waals surface area contributed by atoms with Gasteiger partial charge in [0.25, 0.3) is 0 Å². The highest BCUT2D eigenvalue weighted by atomic mass is 32.2. The van der Waals surface area contributed by atoms with Crippen LogP contribution in [0.1, 0.15) is 5.56 Å². The van der Waals surface area contributed by atoms with Crippen molar-refractivity contribution >= 4 is 15.9 Å². The van der Waals surface area contributed by atoms with Crippen molar-refractivity contribution in [1.82, 2.24) is 5.48 Å². The summed E-state index contributed by atoms with van der Waals surface area (Å²) in [6.45, 7) is 0. The molecule has 0 radical (unpaired) electrons. The molecule has 132 valence electrons. The Kier molecular flexibility index (Phi) is 5.24. The summed E-state index contributed by atoms with van der Waals surface area (Å²) in [6.07, 6.45) is 1.83. The zero-order valence-electron chi connectivity index (χ0n) is 13.9. The van der Waals surface area contributed by atoms with Crippen LogP contribution in [-0.4, -0.2) is 8.42 Å². The predicted octanol–water partition coefficient (Wildman–Crippen LogP) is 3.36. The summed E-state index contributed by atoms with van der Waals surface area (Å²) >= 11 is 0. The van der Waals surface area contributed by atoms with Gasteiger partial charge in [0.05, 0.1) is 9.79 Å². The van der Waals surface area contributed by atoms with Gasteiger partial charge in [-0.05, 0) is 36.4 Å². The Balaban J connectivity index is 0.000000158. The van der Waals surface area contributed by atoms with Crippen LogP contribution in [0.15, 0.2) is 101 Å². The van der Waals surface area contributed by atoms with Gasteiger partial charge < -0.3 is 10.6 Å². The number of para-hydroxylation sites is 1. The number of hydroxylamine groups is 1. The van der Waals surface area contributed by atoms with E-state index in [1.54, 1.807) is 60.7 Å². The Bertz CT molecular complexity index is 956. The van der Waals surface area contributed by atoms with E-state index in [4.69, 9.17) is 10.6 Å². The van der Waals surface area contributed by atoms with Gasteiger partial charge in [-0.3, -0.25) is 0 Å². The largest absolute Gasteiger partial charge is 0.383 e. The van der Waals surface area contributed by atoms with E-state index in [0.29, 0.717) is 15.6 Å². The van der Waals surface area contributed by atoms with Crippen molar-refractivity contribution in [2.45, 2.75) is 9.79 Å². The zero-order valence-corrected chi connectivity index (χ0v) is 14.7. The summed E-state index contributed by atoms with van der Waals surface area (Å²) in [4.78, 5) is 5.75. The molecular formula is C20H18N2O3S. The molecule has 3 N–H and O–H groups in total. The summed E-state index contributed by atoms with van der Waals surface area (Å²) < 4.78 is 24.1. The second-order valence-electron chi connectivity index (χ2n) is 5.47. The molecule has 5 nitrogen and oxygen atoms in total. The van der Waals surface area contributed by atoms with Gasteiger partial charge in [0.15, 0.2) is 5.75 Å². The van der Waals surface area contributed by atoms with Crippen LogP contribution >= 0.6 is 0 Å². The minimum absolute atomic E-state index is 0.330. The van der Waals surface area contributed by atoms with Gasteiger partial charge in [-0.2, -0.15) is 0 Å². The molecule has 4 rings (SSSR count). The van der Waals surface area contributed by atoms with E-state index in [0.717, 1.165) is 11.3 Å². The molecule has 0 aromatic heterocycles. The van der Waals surface area contributed by atoms with E-state index in [1.165, 1.54) is 0 Å². The van der Waals surface area contributed by atoms with E-state index in [1.807, 2.05) is 30.3 Å². The highest BCUT2D eigenvalue weighted by Gasteiger charge is 2.15. The van der Waals surface area contributed by atoms with Crippen LogP contribution in [0.2, 0.25) is 0 Å². The Labute approximate surface area is 152 Å². The zero-order chi connectivity index (χ0) is 18.4. The fourth-order valence-electron chi connectivity index (χ4n) is 2.34. The molecule has 0 spiro atoms. The van der Waals surface area contributed by atoms with E-state index >= 15 is 0 Å². The van der Waals surface area contributed by atoms with Gasteiger partial charge in [-0.15, -0.1) is 0 Å². The van der Waals surface area contributed by atoms with Crippen molar-refractivity contribution in [2.24, 2.45) is 5.73 Å². The average Bonchev–Trinajstić information content (AvgIpc) is 2.70. The van der Waals surface area contributed by atoms with E-state index < -0.39 is 9.84 Å². The van der Waals surface area contributed by atoms with Gasteiger partial charge >= 0.3 is 0 Å². The maximum absolute atomic E-state index is 12.0.